The van der Waals surface area contributed by atoms with Crippen LogP contribution in [0.1, 0.15) is 36.8 Å². The van der Waals surface area contributed by atoms with Crippen LogP contribution in [0.5, 0.6) is 0 Å². The number of ether oxygens (including phenoxy) is 1. The van der Waals surface area contributed by atoms with Crippen molar-refractivity contribution in [1.82, 2.24) is 10.3 Å². The number of rotatable bonds is 4. The number of carbonyl (C=O) groups excluding carboxylic acids is 1. The molecule has 0 spiro atoms. The van der Waals surface area contributed by atoms with Crippen LogP contribution in [0.25, 0.3) is 0 Å². The highest BCUT2D eigenvalue weighted by Crippen LogP contribution is 2.34. The SMILES string of the molecule is CCCC1CCc2nc(NC(=O)C3CNCCO3)sc2C1. The largest absolute Gasteiger partial charge is 0.366 e. The van der Waals surface area contributed by atoms with Gasteiger partial charge in [-0.05, 0) is 25.2 Å². The summed E-state index contributed by atoms with van der Waals surface area (Å²) in [6.45, 7) is 4.22. The summed E-state index contributed by atoms with van der Waals surface area (Å²) >= 11 is 1.64. The number of thiazole rings is 1. The maximum Gasteiger partial charge on any atom is 0.256 e. The van der Waals surface area contributed by atoms with Crippen molar-refractivity contribution in [3.8, 4) is 0 Å². The zero-order valence-electron chi connectivity index (χ0n) is 12.5. The molecule has 116 valence electrons. The van der Waals surface area contributed by atoms with Gasteiger partial charge >= 0.3 is 0 Å². The van der Waals surface area contributed by atoms with Crippen LogP contribution in [-0.2, 0) is 22.4 Å². The predicted molar refractivity (Wildman–Crippen MR) is 83.8 cm³/mol. The maximum atomic E-state index is 12.1. The fourth-order valence-corrected chi connectivity index (χ4v) is 4.20. The molecule has 6 heteroatoms. The Kier molecular flexibility index (Phi) is 4.87. The van der Waals surface area contributed by atoms with Crippen LogP contribution in [0, 0.1) is 5.92 Å². The lowest BCUT2D eigenvalue weighted by Crippen LogP contribution is -2.45. The summed E-state index contributed by atoms with van der Waals surface area (Å²) in [5, 5.41) is 6.82. The molecule has 0 saturated carbocycles. The smallest absolute Gasteiger partial charge is 0.256 e. The highest BCUT2D eigenvalue weighted by atomic mass is 32.1. The van der Waals surface area contributed by atoms with E-state index in [-0.39, 0.29) is 5.91 Å². The number of nitrogens with zero attached hydrogens (tertiary/aromatic N) is 1. The highest BCUT2D eigenvalue weighted by molar-refractivity contribution is 7.15. The van der Waals surface area contributed by atoms with Gasteiger partial charge in [-0.3, -0.25) is 10.1 Å². The van der Waals surface area contributed by atoms with Gasteiger partial charge in [0.1, 0.15) is 6.10 Å². The van der Waals surface area contributed by atoms with Gasteiger partial charge in [0.05, 0.1) is 12.3 Å². The summed E-state index contributed by atoms with van der Waals surface area (Å²) in [5.41, 5.74) is 1.19. The number of anilines is 1. The van der Waals surface area contributed by atoms with Crippen molar-refractivity contribution < 1.29 is 9.53 Å². The van der Waals surface area contributed by atoms with Crippen molar-refractivity contribution in [2.75, 3.05) is 25.0 Å². The van der Waals surface area contributed by atoms with Gasteiger partial charge in [0.15, 0.2) is 5.13 Å². The molecule has 2 atom stereocenters. The molecule has 1 aromatic heterocycles. The van der Waals surface area contributed by atoms with Gasteiger partial charge in [0.2, 0.25) is 0 Å². The topological polar surface area (TPSA) is 63.2 Å². The number of nitrogens with one attached hydrogen (secondary N) is 2. The van der Waals surface area contributed by atoms with Gasteiger partial charge in [-0.2, -0.15) is 0 Å². The number of carbonyl (C=O) groups is 1. The molecule has 1 fully saturated rings. The third-order valence-electron chi connectivity index (χ3n) is 4.19. The van der Waals surface area contributed by atoms with Crippen molar-refractivity contribution in [3.63, 3.8) is 0 Å². The molecule has 5 nitrogen and oxygen atoms in total. The molecule has 2 heterocycles. The van der Waals surface area contributed by atoms with E-state index in [1.54, 1.807) is 11.3 Å². The summed E-state index contributed by atoms with van der Waals surface area (Å²) < 4.78 is 5.47. The number of amides is 1. The molecule has 0 aromatic carbocycles. The Morgan fingerprint density at radius 1 is 1.57 bits per heavy atom. The van der Waals surface area contributed by atoms with Gasteiger partial charge in [0.25, 0.3) is 5.91 Å². The van der Waals surface area contributed by atoms with Gasteiger partial charge < -0.3 is 10.1 Å². The van der Waals surface area contributed by atoms with E-state index < -0.39 is 6.10 Å². The number of fused-ring (bicyclic) bond motifs is 1. The molecule has 2 unspecified atom stereocenters. The first-order chi connectivity index (χ1) is 10.3. The summed E-state index contributed by atoms with van der Waals surface area (Å²) in [6.07, 6.45) is 5.54. The van der Waals surface area contributed by atoms with Crippen LogP contribution >= 0.6 is 11.3 Å². The summed E-state index contributed by atoms with van der Waals surface area (Å²) in [5.74, 6) is 0.704. The van der Waals surface area contributed by atoms with Crippen LogP contribution in [0.3, 0.4) is 0 Å². The lowest BCUT2D eigenvalue weighted by molar-refractivity contribution is -0.128. The molecule has 1 aliphatic heterocycles. The molecule has 1 amide bonds. The van der Waals surface area contributed by atoms with Crippen LogP contribution in [-0.4, -0.2) is 36.7 Å². The van der Waals surface area contributed by atoms with Crippen molar-refractivity contribution in [3.05, 3.63) is 10.6 Å². The van der Waals surface area contributed by atoms with Crippen molar-refractivity contribution in [2.45, 2.75) is 45.1 Å². The molecular weight excluding hydrogens is 286 g/mol. The Hall–Kier alpha value is -0.980. The van der Waals surface area contributed by atoms with E-state index in [1.807, 2.05) is 0 Å². The predicted octanol–water partition coefficient (Wildman–Crippen LogP) is 1.97. The Morgan fingerprint density at radius 2 is 2.48 bits per heavy atom. The third kappa shape index (κ3) is 3.62. The first-order valence-electron chi connectivity index (χ1n) is 7.88. The van der Waals surface area contributed by atoms with Gasteiger partial charge in [-0.15, -0.1) is 11.3 Å². The van der Waals surface area contributed by atoms with Crippen LogP contribution in [0.4, 0.5) is 5.13 Å². The molecule has 1 saturated heterocycles. The Balaban J connectivity index is 1.61. The van der Waals surface area contributed by atoms with E-state index in [0.717, 1.165) is 30.4 Å². The van der Waals surface area contributed by atoms with E-state index in [1.165, 1.54) is 29.8 Å². The number of aromatic nitrogens is 1. The Morgan fingerprint density at radius 3 is 3.24 bits per heavy atom. The number of hydrogen-bond acceptors (Lipinski definition) is 5. The van der Waals surface area contributed by atoms with Gasteiger partial charge in [-0.25, -0.2) is 4.98 Å². The quantitative estimate of drug-likeness (QED) is 0.892. The van der Waals surface area contributed by atoms with Gasteiger partial charge in [-0.1, -0.05) is 19.8 Å². The molecular formula is C15H23N3O2S. The molecule has 1 aliphatic carbocycles. The molecule has 21 heavy (non-hydrogen) atoms. The second kappa shape index (κ2) is 6.85. The molecule has 2 aliphatic rings. The Bertz CT molecular complexity index is 497. The minimum atomic E-state index is -0.396. The fraction of sp³-hybridized carbons (Fsp3) is 0.733. The van der Waals surface area contributed by atoms with Crippen LogP contribution in [0.2, 0.25) is 0 Å². The number of morpholine rings is 1. The average Bonchev–Trinajstić information content (AvgIpc) is 2.90. The Labute approximate surface area is 129 Å². The highest BCUT2D eigenvalue weighted by Gasteiger charge is 2.25. The van der Waals surface area contributed by atoms with Gasteiger partial charge in [0, 0.05) is 18.0 Å². The van der Waals surface area contributed by atoms with Crippen molar-refractivity contribution >= 4 is 22.4 Å². The monoisotopic (exact) mass is 309 g/mol. The van der Waals surface area contributed by atoms with Crippen molar-refractivity contribution in [2.24, 2.45) is 5.92 Å². The third-order valence-corrected chi connectivity index (χ3v) is 5.22. The first kappa shape index (κ1) is 14.9. The van der Waals surface area contributed by atoms with E-state index in [4.69, 9.17) is 4.74 Å². The van der Waals surface area contributed by atoms with E-state index in [0.29, 0.717) is 13.2 Å². The van der Waals surface area contributed by atoms with Crippen molar-refractivity contribution in [1.29, 1.82) is 0 Å². The fourth-order valence-electron chi connectivity index (χ4n) is 3.07. The summed E-state index contributed by atoms with van der Waals surface area (Å²) in [6, 6.07) is 0. The molecule has 2 N–H and O–H groups in total. The zero-order chi connectivity index (χ0) is 14.7. The standard InChI is InChI=1S/C15H23N3O2S/c1-2-3-10-4-5-11-13(8-10)21-15(17-11)18-14(19)12-9-16-6-7-20-12/h10,12,16H,2-9H2,1H3,(H,17,18,19). The molecule has 0 radical (unpaired) electrons. The van der Waals surface area contributed by atoms with Crippen LogP contribution < -0.4 is 10.6 Å². The second-order valence-corrected chi connectivity index (χ2v) is 6.92. The number of hydrogen-bond donors (Lipinski definition) is 2. The summed E-state index contributed by atoms with van der Waals surface area (Å²) in [7, 11) is 0. The van der Waals surface area contributed by atoms with E-state index >= 15 is 0 Å². The lowest BCUT2D eigenvalue weighted by atomic mass is 9.88. The second-order valence-electron chi connectivity index (χ2n) is 5.84. The van der Waals surface area contributed by atoms with E-state index in [2.05, 4.69) is 22.5 Å². The first-order valence-corrected chi connectivity index (χ1v) is 8.69. The lowest BCUT2D eigenvalue weighted by Gasteiger charge is -2.22. The minimum Gasteiger partial charge on any atom is -0.366 e. The molecule has 1 aromatic rings. The maximum absolute atomic E-state index is 12.1. The van der Waals surface area contributed by atoms with Crippen LogP contribution in [0.15, 0.2) is 0 Å². The summed E-state index contributed by atoms with van der Waals surface area (Å²) in [4.78, 5) is 18.1. The molecule has 3 rings (SSSR count). The normalized spacial score (nSPS) is 25.4. The zero-order valence-corrected chi connectivity index (χ0v) is 13.3. The van der Waals surface area contributed by atoms with E-state index in [9.17, 15) is 4.79 Å². The number of aryl methyl sites for hydroxylation is 1. The average molecular weight is 309 g/mol. The molecule has 0 bridgehead atoms. The minimum absolute atomic E-state index is 0.0848.